The van der Waals surface area contributed by atoms with Crippen LogP contribution in [0.3, 0.4) is 0 Å². The van der Waals surface area contributed by atoms with Gasteiger partial charge >= 0.3 is 6.03 Å². The summed E-state index contributed by atoms with van der Waals surface area (Å²) in [5.74, 6) is -1.11. The van der Waals surface area contributed by atoms with Crippen molar-refractivity contribution in [2.24, 2.45) is 7.05 Å². The van der Waals surface area contributed by atoms with Gasteiger partial charge in [0.2, 0.25) is 0 Å². The normalized spacial score (nSPS) is 13.4. The lowest BCUT2D eigenvalue weighted by atomic mass is 9.95. The van der Waals surface area contributed by atoms with E-state index in [0.717, 1.165) is 24.2 Å². The lowest BCUT2D eigenvalue weighted by molar-refractivity contribution is 0.0561. The van der Waals surface area contributed by atoms with Crippen LogP contribution in [0.15, 0.2) is 24.3 Å². The average Bonchev–Trinajstić information content (AvgIpc) is 2.85. The van der Waals surface area contributed by atoms with Crippen molar-refractivity contribution in [1.82, 2.24) is 15.1 Å². The van der Waals surface area contributed by atoms with Crippen LogP contribution in [0.5, 0.6) is 0 Å². The summed E-state index contributed by atoms with van der Waals surface area (Å²) < 4.78 is 28.2. The molecule has 24 heavy (non-hydrogen) atoms. The predicted octanol–water partition coefficient (Wildman–Crippen LogP) is 2.29. The summed E-state index contributed by atoms with van der Waals surface area (Å²) in [6.07, 6.45) is 0.732. The Morgan fingerprint density at radius 2 is 2.08 bits per heavy atom. The predicted molar refractivity (Wildman–Crippen MR) is 85.5 cm³/mol. The molecule has 0 aliphatic carbocycles. The lowest BCUT2D eigenvalue weighted by Crippen LogP contribution is -2.41. The molecule has 0 saturated carbocycles. The molecular formula is C16H20F2N4O2. The van der Waals surface area contributed by atoms with Gasteiger partial charge in [0.25, 0.3) is 0 Å². The first kappa shape index (κ1) is 17.9. The molecule has 1 atom stereocenters. The van der Waals surface area contributed by atoms with Crippen molar-refractivity contribution in [3.63, 3.8) is 0 Å². The summed E-state index contributed by atoms with van der Waals surface area (Å²) in [7, 11) is 1.69. The van der Waals surface area contributed by atoms with Gasteiger partial charge in [0.15, 0.2) is 0 Å². The number of anilines is 1. The Kier molecular flexibility index (Phi) is 5.18. The van der Waals surface area contributed by atoms with Crippen LogP contribution in [0, 0.1) is 11.6 Å². The Labute approximate surface area is 138 Å². The van der Waals surface area contributed by atoms with Crippen molar-refractivity contribution in [1.29, 1.82) is 0 Å². The molecule has 0 aliphatic heterocycles. The molecule has 0 bridgehead atoms. The maximum atomic E-state index is 13.8. The van der Waals surface area contributed by atoms with E-state index in [0.29, 0.717) is 11.9 Å². The van der Waals surface area contributed by atoms with Gasteiger partial charge in [-0.2, -0.15) is 5.10 Å². The van der Waals surface area contributed by atoms with E-state index in [1.54, 1.807) is 13.1 Å². The number of carbonyl (C=O) groups excluding carboxylic acids is 1. The van der Waals surface area contributed by atoms with Crippen LogP contribution < -0.4 is 10.6 Å². The molecular weight excluding hydrogens is 318 g/mol. The Morgan fingerprint density at radius 3 is 2.67 bits per heavy atom. The maximum absolute atomic E-state index is 13.8. The number of aliphatic hydroxyl groups is 1. The number of nitrogens with zero attached hydrogens (tertiary/aromatic N) is 2. The fraction of sp³-hybridized carbons (Fsp3) is 0.375. The first-order valence-corrected chi connectivity index (χ1v) is 7.48. The van der Waals surface area contributed by atoms with Crippen LogP contribution in [-0.4, -0.2) is 27.5 Å². The number of aromatic nitrogens is 2. The number of hydrogen-bond donors (Lipinski definition) is 3. The van der Waals surface area contributed by atoms with E-state index >= 15 is 0 Å². The maximum Gasteiger partial charge on any atom is 0.320 e. The van der Waals surface area contributed by atoms with Crippen LogP contribution >= 0.6 is 0 Å². The molecule has 1 aromatic carbocycles. The Morgan fingerprint density at radius 1 is 1.38 bits per heavy atom. The minimum atomic E-state index is -1.68. The van der Waals surface area contributed by atoms with Gasteiger partial charge in [0.05, 0.1) is 12.2 Å². The van der Waals surface area contributed by atoms with Gasteiger partial charge in [0, 0.05) is 24.7 Å². The highest BCUT2D eigenvalue weighted by molar-refractivity contribution is 5.88. The zero-order chi connectivity index (χ0) is 17.9. The van der Waals surface area contributed by atoms with E-state index in [9.17, 15) is 18.7 Å². The second-order valence-electron chi connectivity index (χ2n) is 5.70. The van der Waals surface area contributed by atoms with E-state index in [1.165, 1.54) is 11.6 Å². The molecule has 8 heteroatoms. The molecule has 0 fully saturated rings. The molecule has 130 valence electrons. The molecule has 0 aliphatic rings. The van der Waals surface area contributed by atoms with E-state index in [1.807, 2.05) is 6.92 Å². The van der Waals surface area contributed by atoms with Crippen molar-refractivity contribution >= 4 is 11.8 Å². The van der Waals surface area contributed by atoms with Crippen molar-refractivity contribution in [3.05, 3.63) is 47.2 Å². The summed E-state index contributed by atoms with van der Waals surface area (Å²) in [4.78, 5) is 12.0. The molecule has 0 saturated heterocycles. The van der Waals surface area contributed by atoms with Crippen molar-refractivity contribution in [2.75, 3.05) is 11.9 Å². The number of rotatable bonds is 5. The number of amides is 2. The first-order chi connectivity index (χ1) is 11.2. The summed E-state index contributed by atoms with van der Waals surface area (Å²) >= 11 is 0. The van der Waals surface area contributed by atoms with Crippen LogP contribution in [0.2, 0.25) is 0 Å². The standard InChI is InChI=1S/C16H20F2N4O2/c1-4-11-8-14(22(3)21-11)20-15(23)19-9-16(2,24)12-6-5-10(17)7-13(12)18/h5-8,24H,4,9H2,1-3H3,(H2,19,20,23). The number of benzene rings is 1. The quantitative estimate of drug-likeness (QED) is 0.783. The van der Waals surface area contributed by atoms with Gasteiger partial charge in [-0.1, -0.05) is 13.0 Å². The fourth-order valence-corrected chi connectivity index (χ4v) is 2.25. The van der Waals surface area contributed by atoms with Crippen molar-refractivity contribution < 1.29 is 18.7 Å². The van der Waals surface area contributed by atoms with Gasteiger partial charge in [-0.15, -0.1) is 0 Å². The highest BCUT2D eigenvalue weighted by Crippen LogP contribution is 2.23. The molecule has 1 aromatic heterocycles. The number of nitrogens with one attached hydrogen (secondary N) is 2. The summed E-state index contributed by atoms with van der Waals surface area (Å²) in [5, 5.41) is 19.6. The zero-order valence-electron chi connectivity index (χ0n) is 13.7. The first-order valence-electron chi connectivity index (χ1n) is 7.48. The van der Waals surface area contributed by atoms with E-state index in [4.69, 9.17) is 0 Å². The second kappa shape index (κ2) is 6.96. The van der Waals surface area contributed by atoms with Crippen molar-refractivity contribution in [2.45, 2.75) is 25.9 Å². The number of halogens is 2. The molecule has 2 amide bonds. The van der Waals surface area contributed by atoms with Gasteiger partial charge in [-0.05, 0) is 19.4 Å². The highest BCUT2D eigenvalue weighted by atomic mass is 19.1. The van der Waals surface area contributed by atoms with Crippen LogP contribution in [0.4, 0.5) is 19.4 Å². The van der Waals surface area contributed by atoms with Crippen molar-refractivity contribution in [3.8, 4) is 0 Å². The molecule has 0 spiro atoms. The SMILES string of the molecule is CCc1cc(NC(=O)NCC(C)(O)c2ccc(F)cc2F)n(C)n1. The Balaban J connectivity index is 2.00. The zero-order valence-corrected chi connectivity index (χ0v) is 13.7. The number of aryl methyl sites for hydroxylation is 2. The van der Waals surface area contributed by atoms with Gasteiger partial charge < -0.3 is 10.4 Å². The third kappa shape index (κ3) is 4.08. The van der Waals surface area contributed by atoms with E-state index < -0.39 is 23.3 Å². The van der Waals surface area contributed by atoms with E-state index in [2.05, 4.69) is 15.7 Å². The highest BCUT2D eigenvalue weighted by Gasteiger charge is 2.27. The van der Waals surface area contributed by atoms with Crippen LogP contribution in [0.25, 0.3) is 0 Å². The smallest absolute Gasteiger partial charge is 0.320 e. The topological polar surface area (TPSA) is 79.2 Å². The monoisotopic (exact) mass is 338 g/mol. The third-order valence-electron chi connectivity index (χ3n) is 3.64. The fourth-order valence-electron chi connectivity index (χ4n) is 2.25. The molecule has 0 radical (unpaired) electrons. The minimum Gasteiger partial charge on any atom is -0.383 e. The van der Waals surface area contributed by atoms with E-state index in [-0.39, 0.29) is 12.1 Å². The Bertz CT molecular complexity index is 744. The molecule has 2 aromatic rings. The lowest BCUT2D eigenvalue weighted by Gasteiger charge is -2.24. The van der Waals surface area contributed by atoms with Gasteiger partial charge in [0.1, 0.15) is 23.1 Å². The molecule has 3 N–H and O–H groups in total. The number of carbonyl (C=O) groups is 1. The summed E-state index contributed by atoms with van der Waals surface area (Å²) in [6, 6.07) is 4.06. The number of hydrogen-bond acceptors (Lipinski definition) is 3. The summed E-state index contributed by atoms with van der Waals surface area (Å²) in [6.45, 7) is 3.03. The average molecular weight is 338 g/mol. The molecule has 1 unspecified atom stereocenters. The van der Waals surface area contributed by atoms with Gasteiger partial charge in [-0.3, -0.25) is 10.00 Å². The minimum absolute atomic E-state index is 0.0991. The third-order valence-corrected chi connectivity index (χ3v) is 3.64. The second-order valence-corrected chi connectivity index (χ2v) is 5.70. The Hall–Kier alpha value is -2.48. The summed E-state index contributed by atoms with van der Waals surface area (Å²) in [5.41, 5.74) is -0.956. The van der Waals surface area contributed by atoms with Crippen LogP contribution in [-0.2, 0) is 19.1 Å². The number of urea groups is 1. The molecule has 2 rings (SSSR count). The largest absolute Gasteiger partial charge is 0.383 e. The molecule has 6 nitrogen and oxygen atoms in total. The molecule has 1 heterocycles. The van der Waals surface area contributed by atoms with Gasteiger partial charge in [-0.25, -0.2) is 13.6 Å². The van der Waals surface area contributed by atoms with Crippen LogP contribution in [0.1, 0.15) is 25.1 Å².